The molecule has 0 saturated carbocycles. The average molecular weight is 327 g/mol. The van der Waals surface area contributed by atoms with Gasteiger partial charge in [-0.2, -0.15) is 0 Å². The summed E-state index contributed by atoms with van der Waals surface area (Å²) in [6.45, 7) is 2.84. The Morgan fingerprint density at radius 2 is 1.95 bits per heavy atom. The third-order valence-electron chi connectivity index (χ3n) is 3.91. The first kappa shape index (κ1) is 15.0. The highest BCUT2D eigenvalue weighted by molar-refractivity contribution is 9.10. The molecule has 1 aromatic carbocycles. The molecule has 1 aromatic rings. The maximum absolute atomic E-state index is 6.26. The van der Waals surface area contributed by atoms with Crippen LogP contribution in [0.1, 0.15) is 30.9 Å². The number of benzene rings is 1. The molecule has 0 spiro atoms. The minimum atomic E-state index is 0.121. The quantitative estimate of drug-likeness (QED) is 0.904. The van der Waals surface area contributed by atoms with Gasteiger partial charge in [-0.15, -0.1) is 0 Å². The van der Waals surface area contributed by atoms with E-state index in [1.165, 1.54) is 5.56 Å². The molecule has 0 amide bonds. The van der Waals surface area contributed by atoms with Crippen molar-refractivity contribution in [1.82, 2.24) is 4.90 Å². The summed E-state index contributed by atoms with van der Waals surface area (Å²) >= 11 is 3.45. The maximum Gasteiger partial charge on any atom is 0.0480 e. The number of halogens is 1. The number of hydrogen-bond acceptors (Lipinski definition) is 3. The predicted octanol–water partition coefficient (Wildman–Crippen LogP) is 2.95. The van der Waals surface area contributed by atoms with E-state index in [1.54, 1.807) is 0 Å². The smallest absolute Gasteiger partial charge is 0.0480 e. The van der Waals surface area contributed by atoms with Gasteiger partial charge in [0, 0.05) is 29.8 Å². The zero-order chi connectivity index (χ0) is 13.7. The molecule has 1 atom stereocenters. The zero-order valence-electron chi connectivity index (χ0n) is 11.5. The second-order valence-electron chi connectivity index (χ2n) is 5.27. The summed E-state index contributed by atoms with van der Waals surface area (Å²) in [5.74, 6) is 0. The summed E-state index contributed by atoms with van der Waals surface area (Å²) in [6, 6.07) is 9.09. The van der Waals surface area contributed by atoms with Crippen LogP contribution in [0.4, 0.5) is 0 Å². The standard InChI is InChI=1S/C15H23BrN2O/c1-18(14-7-10-19-11-8-14)9-6-15(17)12-2-4-13(16)5-3-12/h2-5,14-15H,6-11,17H2,1H3. The van der Waals surface area contributed by atoms with Gasteiger partial charge in [0.15, 0.2) is 0 Å². The van der Waals surface area contributed by atoms with Gasteiger partial charge in [0.25, 0.3) is 0 Å². The van der Waals surface area contributed by atoms with Crippen molar-refractivity contribution < 1.29 is 4.74 Å². The van der Waals surface area contributed by atoms with E-state index in [9.17, 15) is 0 Å². The van der Waals surface area contributed by atoms with Crippen LogP contribution in [-0.4, -0.2) is 37.7 Å². The van der Waals surface area contributed by atoms with Gasteiger partial charge in [0.2, 0.25) is 0 Å². The molecular weight excluding hydrogens is 304 g/mol. The fraction of sp³-hybridized carbons (Fsp3) is 0.600. The van der Waals surface area contributed by atoms with Gasteiger partial charge in [0.1, 0.15) is 0 Å². The van der Waals surface area contributed by atoms with Gasteiger partial charge < -0.3 is 15.4 Å². The number of ether oxygens (including phenoxy) is 1. The van der Waals surface area contributed by atoms with Gasteiger partial charge in [-0.3, -0.25) is 0 Å². The average Bonchev–Trinajstić information content (AvgIpc) is 2.46. The van der Waals surface area contributed by atoms with Crippen LogP contribution in [0.5, 0.6) is 0 Å². The summed E-state index contributed by atoms with van der Waals surface area (Å²) in [4.78, 5) is 2.43. The van der Waals surface area contributed by atoms with Crippen molar-refractivity contribution in [3.63, 3.8) is 0 Å². The van der Waals surface area contributed by atoms with Crippen LogP contribution in [0.25, 0.3) is 0 Å². The minimum Gasteiger partial charge on any atom is -0.381 e. The van der Waals surface area contributed by atoms with Gasteiger partial charge in [0.05, 0.1) is 0 Å². The van der Waals surface area contributed by atoms with E-state index in [1.807, 2.05) is 0 Å². The van der Waals surface area contributed by atoms with E-state index in [0.29, 0.717) is 6.04 Å². The fourth-order valence-corrected chi connectivity index (χ4v) is 2.79. The first-order chi connectivity index (χ1) is 9.16. The summed E-state index contributed by atoms with van der Waals surface area (Å²) in [5, 5.41) is 0. The van der Waals surface area contributed by atoms with Crippen LogP contribution in [-0.2, 0) is 4.74 Å². The molecule has 0 aliphatic carbocycles. The molecular formula is C15H23BrN2O. The Morgan fingerprint density at radius 1 is 1.32 bits per heavy atom. The molecule has 1 saturated heterocycles. The van der Waals surface area contributed by atoms with E-state index < -0.39 is 0 Å². The maximum atomic E-state index is 6.26. The molecule has 2 N–H and O–H groups in total. The molecule has 1 unspecified atom stereocenters. The Labute approximate surface area is 124 Å². The summed E-state index contributed by atoms with van der Waals surface area (Å²) < 4.78 is 6.50. The number of nitrogens with two attached hydrogens (primary N) is 1. The van der Waals surface area contributed by atoms with Crippen LogP contribution in [0.3, 0.4) is 0 Å². The van der Waals surface area contributed by atoms with Crippen LogP contribution in [0.15, 0.2) is 28.7 Å². The Morgan fingerprint density at radius 3 is 2.58 bits per heavy atom. The van der Waals surface area contributed by atoms with Gasteiger partial charge in [-0.05, 0) is 50.6 Å². The summed E-state index contributed by atoms with van der Waals surface area (Å²) in [7, 11) is 2.20. The van der Waals surface area contributed by atoms with E-state index in [4.69, 9.17) is 10.5 Å². The van der Waals surface area contributed by atoms with Crippen molar-refractivity contribution in [3.05, 3.63) is 34.3 Å². The van der Waals surface area contributed by atoms with E-state index in [-0.39, 0.29) is 6.04 Å². The van der Waals surface area contributed by atoms with Crippen molar-refractivity contribution in [3.8, 4) is 0 Å². The first-order valence-electron chi connectivity index (χ1n) is 6.96. The lowest BCUT2D eigenvalue weighted by Crippen LogP contribution is -2.38. The topological polar surface area (TPSA) is 38.5 Å². The summed E-state index contributed by atoms with van der Waals surface area (Å²) in [5.41, 5.74) is 7.47. The minimum absolute atomic E-state index is 0.121. The number of rotatable bonds is 5. The molecule has 0 bridgehead atoms. The number of nitrogens with zero attached hydrogens (tertiary/aromatic N) is 1. The molecule has 1 aliphatic heterocycles. The Balaban J connectivity index is 1.79. The number of hydrogen-bond donors (Lipinski definition) is 1. The molecule has 106 valence electrons. The molecule has 1 aliphatic rings. The van der Waals surface area contributed by atoms with Crippen LogP contribution in [0, 0.1) is 0 Å². The van der Waals surface area contributed by atoms with Crippen LogP contribution in [0.2, 0.25) is 0 Å². The Kier molecular flexibility index (Phi) is 5.82. The third-order valence-corrected chi connectivity index (χ3v) is 4.43. The monoisotopic (exact) mass is 326 g/mol. The highest BCUT2D eigenvalue weighted by Gasteiger charge is 2.18. The second-order valence-corrected chi connectivity index (χ2v) is 6.19. The molecule has 2 rings (SSSR count). The molecule has 3 nitrogen and oxygen atoms in total. The van der Waals surface area contributed by atoms with Gasteiger partial charge >= 0.3 is 0 Å². The van der Waals surface area contributed by atoms with Crippen molar-refractivity contribution in [2.45, 2.75) is 31.3 Å². The summed E-state index contributed by atoms with van der Waals surface area (Å²) in [6.07, 6.45) is 3.28. The molecule has 4 heteroatoms. The van der Waals surface area contributed by atoms with Crippen molar-refractivity contribution in [2.75, 3.05) is 26.8 Å². The van der Waals surface area contributed by atoms with E-state index in [2.05, 4.69) is 52.1 Å². The van der Waals surface area contributed by atoms with Gasteiger partial charge in [-0.1, -0.05) is 28.1 Å². The lowest BCUT2D eigenvalue weighted by atomic mass is 10.0. The highest BCUT2D eigenvalue weighted by Crippen LogP contribution is 2.19. The van der Waals surface area contributed by atoms with Crippen LogP contribution >= 0.6 is 15.9 Å². The molecule has 1 heterocycles. The predicted molar refractivity (Wildman–Crippen MR) is 82.2 cm³/mol. The largest absolute Gasteiger partial charge is 0.381 e. The highest BCUT2D eigenvalue weighted by atomic mass is 79.9. The van der Waals surface area contributed by atoms with Crippen molar-refractivity contribution >= 4 is 15.9 Å². The zero-order valence-corrected chi connectivity index (χ0v) is 13.1. The van der Waals surface area contributed by atoms with Crippen molar-refractivity contribution in [2.24, 2.45) is 5.73 Å². The second kappa shape index (κ2) is 7.39. The fourth-order valence-electron chi connectivity index (χ4n) is 2.53. The SMILES string of the molecule is CN(CCC(N)c1ccc(Br)cc1)C1CCOCC1. The molecule has 19 heavy (non-hydrogen) atoms. The molecule has 0 radical (unpaired) electrons. The normalized spacial score (nSPS) is 18.7. The Hall–Kier alpha value is -0.420. The Bertz CT molecular complexity index is 376. The molecule has 1 fully saturated rings. The first-order valence-corrected chi connectivity index (χ1v) is 7.75. The molecule has 0 aromatic heterocycles. The van der Waals surface area contributed by atoms with Gasteiger partial charge in [-0.25, -0.2) is 0 Å². The van der Waals surface area contributed by atoms with Crippen molar-refractivity contribution in [1.29, 1.82) is 0 Å². The van der Waals surface area contributed by atoms with Crippen LogP contribution < -0.4 is 5.73 Å². The lowest BCUT2D eigenvalue weighted by molar-refractivity contribution is 0.0422. The van der Waals surface area contributed by atoms with E-state index >= 15 is 0 Å². The van der Waals surface area contributed by atoms with E-state index in [0.717, 1.165) is 43.5 Å². The third kappa shape index (κ3) is 4.56. The lowest BCUT2D eigenvalue weighted by Gasteiger charge is -2.31.